The van der Waals surface area contributed by atoms with Crippen LogP contribution >= 0.6 is 11.3 Å². The number of benzene rings is 1. The second kappa shape index (κ2) is 8.11. The zero-order valence-electron chi connectivity index (χ0n) is 14.1. The summed E-state index contributed by atoms with van der Waals surface area (Å²) in [7, 11) is 0. The zero-order valence-corrected chi connectivity index (χ0v) is 14.9. The fraction of sp³-hybridized carbons (Fsp3) is 0.444. The number of nitrogens with zero attached hydrogens (tertiary/aromatic N) is 1. The van der Waals surface area contributed by atoms with Gasteiger partial charge in [0.25, 0.3) is 5.91 Å². The highest BCUT2D eigenvalue weighted by Crippen LogP contribution is 2.26. The van der Waals surface area contributed by atoms with E-state index in [9.17, 15) is 4.79 Å². The summed E-state index contributed by atoms with van der Waals surface area (Å²) in [5, 5.41) is 5.51. The van der Waals surface area contributed by atoms with Crippen molar-refractivity contribution in [2.45, 2.75) is 52.7 Å². The van der Waals surface area contributed by atoms with Crippen LogP contribution in [0.1, 0.15) is 61.1 Å². The molecule has 1 atom stereocenters. The van der Waals surface area contributed by atoms with Gasteiger partial charge in [0.15, 0.2) is 0 Å². The van der Waals surface area contributed by atoms with Crippen molar-refractivity contribution < 1.29 is 9.53 Å². The lowest BCUT2D eigenvalue weighted by Crippen LogP contribution is -2.32. The Morgan fingerprint density at radius 2 is 2.04 bits per heavy atom. The van der Waals surface area contributed by atoms with Crippen molar-refractivity contribution in [1.29, 1.82) is 0 Å². The lowest BCUT2D eigenvalue weighted by atomic mass is 10.0. The average molecular weight is 332 g/mol. The summed E-state index contributed by atoms with van der Waals surface area (Å²) >= 11 is 1.45. The Kier molecular flexibility index (Phi) is 6.16. The highest BCUT2D eigenvalue weighted by molar-refractivity contribution is 7.09. The van der Waals surface area contributed by atoms with Gasteiger partial charge in [-0.2, -0.15) is 0 Å². The summed E-state index contributed by atoms with van der Waals surface area (Å²) in [5.74, 6) is 1.16. The lowest BCUT2D eigenvalue weighted by molar-refractivity contribution is 0.0934. The summed E-state index contributed by atoms with van der Waals surface area (Å²) in [6.45, 7) is 8.69. The van der Waals surface area contributed by atoms with E-state index in [1.54, 1.807) is 5.38 Å². The number of hydrogen-bond acceptors (Lipinski definition) is 4. The molecule has 2 aromatic rings. The zero-order chi connectivity index (χ0) is 16.8. The molecule has 1 heterocycles. The second-order valence-electron chi connectivity index (χ2n) is 5.89. The van der Waals surface area contributed by atoms with E-state index < -0.39 is 0 Å². The number of carbonyl (C=O) groups excluding carboxylic acids is 1. The summed E-state index contributed by atoms with van der Waals surface area (Å²) in [6.07, 6.45) is 0.901. The molecular weight excluding hydrogens is 308 g/mol. The van der Waals surface area contributed by atoms with E-state index in [4.69, 9.17) is 4.74 Å². The fourth-order valence-electron chi connectivity index (χ4n) is 2.11. The van der Waals surface area contributed by atoms with Gasteiger partial charge in [0.2, 0.25) is 0 Å². The molecule has 1 aromatic heterocycles. The number of thiazole rings is 1. The van der Waals surface area contributed by atoms with Crippen LogP contribution in [0.15, 0.2) is 29.6 Å². The minimum atomic E-state index is -0.121. The normalized spacial score (nSPS) is 12.2. The smallest absolute Gasteiger partial charge is 0.270 e. The molecule has 0 aliphatic heterocycles. The Morgan fingerprint density at radius 3 is 2.74 bits per heavy atom. The highest BCUT2D eigenvalue weighted by Gasteiger charge is 2.13. The Morgan fingerprint density at radius 1 is 1.30 bits per heavy atom. The number of aromatic nitrogens is 1. The third kappa shape index (κ3) is 4.79. The average Bonchev–Trinajstić information content (AvgIpc) is 3.02. The Bertz CT molecular complexity index is 652. The Balaban J connectivity index is 1.99. The number of rotatable bonds is 7. The van der Waals surface area contributed by atoms with Gasteiger partial charge in [0, 0.05) is 11.4 Å². The first kappa shape index (κ1) is 17.5. The number of para-hydroxylation sites is 1. The first-order chi connectivity index (χ1) is 11.0. The largest absolute Gasteiger partial charge is 0.486 e. The molecule has 0 spiro atoms. The maximum absolute atomic E-state index is 12.0. The second-order valence-corrected chi connectivity index (χ2v) is 6.83. The predicted octanol–water partition coefficient (Wildman–Crippen LogP) is 4.37. The topological polar surface area (TPSA) is 51.2 Å². The van der Waals surface area contributed by atoms with Crippen LogP contribution in [0.25, 0.3) is 0 Å². The fourth-order valence-corrected chi connectivity index (χ4v) is 2.80. The Labute approximate surface area is 141 Å². The van der Waals surface area contributed by atoms with Gasteiger partial charge in [-0.15, -0.1) is 11.3 Å². The van der Waals surface area contributed by atoms with Crippen LogP contribution in [-0.2, 0) is 6.61 Å². The van der Waals surface area contributed by atoms with Gasteiger partial charge < -0.3 is 10.1 Å². The molecule has 124 valence electrons. The van der Waals surface area contributed by atoms with E-state index in [2.05, 4.69) is 30.2 Å². The number of ether oxygens (including phenoxy) is 1. The Hall–Kier alpha value is -1.88. The molecule has 0 fully saturated rings. The van der Waals surface area contributed by atoms with Crippen molar-refractivity contribution >= 4 is 17.2 Å². The van der Waals surface area contributed by atoms with Crippen molar-refractivity contribution in [1.82, 2.24) is 10.3 Å². The maximum atomic E-state index is 12.0. The summed E-state index contributed by atoms with van der Waals surface area (Å²) in [6, 6.07) is 8.19. The maximum Gasteiger partial charge on any atom is 0.270 e. The molecule has 2 rings (SSSR count). The standard InChI is InChI=1S/C18H24N2O2S/c1-5-13(4)19-18(21)15-11-23-17(20-15)10-22-16-9-7-6-8-14(16)12(2)3/h6-9,11-13H,5,10H2,1-4H3,(H,19,21)/t13-/m0/s1. The molecular formula is C18H24N2O2S. The molecule has 0 aliphatic carbocycles. The number of nitrogens with one attached hydrogen (secondary N) is 1. The third-order valence-electron chi connectivity index (χ3n) is 3.67. The van der Waals surface area contributed by atoms with Gasteiger partial charge >= 0.3 is 0 Å². The first-order valence-electron chi connectivity index (χ1n) is 7.98. The van der Waals surface area contributed by atoms with Gasteiger partial charge in [-0.3, -0.25) is 4.79 Å². The minimum absolute atomic E-state index is 0.121. The lowest BCUT2D eigenvalue weighted by Gasteiger charge is -2.12. The van der Waals surface area contributed by atoms with E-state index in [-0.39, 0.29) is 11.9 Å². The molecule has 5 heteroatoms. The van der Waals surface area contributed by atoms with Gasteiger partial charge in [0.1, 0.15) is 23.1 Å². The van der Waals surface area contributed by atoms with E-state index in [0.717, 1.165) is 17.2 Å². The van der Waals surface area contributed by atoms with E-state index in [1.165, 1.54) is 16.9 Å². The molecule has 0 saturated heterocycles. The third-order valence-corrected chi connectivity index (χ3v) is 4.49. The van der Waals surface area contributed by atoms with Crippen molar-refractivity contribution in [3.8, 4) is 5.75 Å². The molecule has 0 aliphatic rings. The van der Waals surface area contributed by atoms with Gasteiger partial charge in [0.05, 0.1) is 0 Å². The van der Waals surface area contributed by atoms with Crippen molar-refractivity contribution in [3.63, 3.8) is 0 Å². The van der Waals surface area contributed by atoms with Gasteiger partial charge in [-0.25, -0.2) is 4.98 Å². The SMILES string of the molecule is CC[C@H](C)NC(=O)c1csc(COc2ccccc2C(C)C)n1. The van der Waals surface area contributed by atoms with Gasteiger partial charge in [-0.05, 0) is 30.9 Å². The monoisotopic (exact) mass is 332 g/mol. The quantitative estimate of drug-likeness (QED) is 0.819. The summed E-state index contributed by atoms with van der Waals surface area (Å²) in [4.78, 5) is 16.4. The van der Waals surface area contributed by atoms with Crippen LogP contribution in [0.2, 0.25) is 0 Å². The van der Waals surface area contributed by atoms with E-state index in [1.807, 2.05) is 32.0 Å². The van der Waals surface area contributed by atoms with Crippen molar-refractivity contribution in [2.75, 3.05) is 0 Å². The molecule has 0 unspecified atom stereocenters. The first-order valence-corrected chi connectivity index (χ1v) is 8.86. The molecule has 0 radical (unpaired) electrons. The van der Waals surface area contributed by atoms with Crippen molar-refractivity contribution in [3.05, 3.63) is 45.9 Å². The molecule has 1 N–H and O–H groups in total. The molecule has 0 saturated carbocycles. The number of hydrogen-bond donors (Lipinski definition) is 1. The predicted molar refractivity (Wildman–Crippen MR) is 94.2 cm³/mol. The molecule has 4 nitrogen and oxygen atoms in total. The van der Waals surface area contributed by atoms with Crippen LogP contribution in [0.3, 0.4) is 0 Å². The summed E-state index contributed by atoms with van der Waals surface area (Å²) < 4.78 is 5.90. The van der Waals surface area contributed by atoms with Crippen molar-refractivity contribution in [2.24, 2.45) is 0 Å². The van der Waals surface area contributed by atoms with Crippen LogP contribution in [-0.4, -0.2) is 16.9 Å². The number of amides is 1. The molecule has 1 amide bonds. The molecule has 1 aromatic carbocycles. The van der Waals surface area contributed by atoms with Crippen LogP contribution in [0.5, 0.6) is 5.75 Å². The van der Waals surface area contributed by atoms with Crippen LogP contribution < -0.4 is 10.1 Å². The molecule has 0 bridgehead atoms. The number of carbonyl (C=O) groups is 1. The van der Waals surface area contributed by atoms with E-state index >= 15 is 0 Å². The highest BCUT2D eigenvalue weighted by atomic mass is 32.1. The minimum Gasteiger partial charge on any atom is -0.486 e. The van der Waals surface area contributed by atoms with Crippen LogP contribution in [0, 0.1) is 0 Å². The van der Waals surface area contributed by atoms with Gasteiger partial charge in [-0.1, -0.05) is 39.0 Å². The molecule has 23 heavy (non-hydrogen) atoms. The summed E-state index contributed by atoms with van der Waals surface area (Å²) in [5.41, 5.74) is 1.64. The van der Waals surface area contributed by atoms with E-state index in [0.29, 0.717) is 18.2 Å². The van der Waals surface area contributed by atoms with Crippen LogP contribution in [0.4, 0.5) is 0 Å².